The number of carbonyl (C=O) groups is 1. The Labute approximate surface area is 131 Å². The molecular formula is C16H24N2O2S. The number of nitrogens with zero attached hydrogens (tertiary/aromatic N) is 1. The Hall–Kier alpha value is -1.04. The number of ether oxygens (including phenoxy) is 1. The van der Waals surface area contributed by atoms with E-state index in [1.807, 2.05) is 25.3 Å². The van der Waals surface area contributed by atoms with Crippen LogP contribution in [0, 0.1) is 0 Å². The van der Waals surface area contributed by atoms with Crippen LogP contribution in [0.15, 0.2) is 24.3 Å². The summed E-state index contributed by atoms with van der Waals surface area (Å²) in [5.74, 6) is 0.0589. The Morgan fingerprint density at radius 2 is 2.00 bits per heavy atom. The van der Waals surface area contributed by atoms with Gasteiger partial charge in [0, 0.05) is 25.3 Å². The van der Waals surface area contributed by atoms with E-state index in [9.17, 15) is 4.79 Å². The fourth-order valence-electron chi connectivity index (χ4n) is 2.22. The second-order valence-electron chi connectivity index (χ2n) is 5.27. The van der Waals surface area contributed by atoms with Gasteiger partial charge >= 0.3 is 0 Å². The number of rotatable bonds is 6. The van der Waals surface area contributed by atoms with E-state index in [1.165, 1.54) is 5.56 Å². The van der Waals surface area contributed by atoms with Crippen molar-refractivity contribution >= 4 is 23.4 Å². The van der Waals surface area contributed by atoms with Gasteiger partial charge in [0.25, 0.3) is 0 Å². The van der Waals surface area contributed by atoms with E-state index in [2.05, 4.69) is 22.3 Å². The molecule has 1 saturated heterocycles. The molecule has 1 amide bonds. The normalized spacial score (nSPS) is 17.4. The lowest BCUT2D eigenvalue weighted by atomic mass is 10.1. The van der Waals surface area contributed by atoms with Gasteiger partial charge in [0.05, 0.1) is 18.5 Å². The lowest BCUT2D eigenvalue weighted by molar-refractivity contribution is -0.115. The average Bonchev–Trinajstić information content (AvgIpc) is 2.54. The number of carbonyl (C=O) groups excluding carboxylic acids is 1. The van der Waals surface area contributed by atoms with Crippen molar-refractivity contribution in [3.8, 4) is 0 Å². The summed E-state index contributed by atoms with van der Waals surface area (Å²) in [7, 11) is 0. The van der Waals surface area contributed by atoms with Gasteiger partial charge in [-0.1, -0.05) is 12.1 Å². The molecule has 2 rings (SSSR count). The van der Waals surface area contributed by atoms with Crippen molar-refractivity contribution in [3.63, 3.8) is 0 Å². The van der Waals surface area contributed by atoms with Crippen molar-refractivity contribution in [2.75, 3.05) is 44.4 Å². The Morgan fingerprint density at radius 1 is 1.33 bits per heavy atom. The Morgan fingerprint density at radius 3 is 2.62 bits per heavy atom. The highest BCUT2D eigenvalue weighted by atomic mass is 32.2. The van der Waals surface area contributed by atoms with Crippen molar-refractivity contribution < 1.29 is 9.53 Å². The molecule has 4 nitrogen and oxygen atoms in total. The molecule has 1 fully saturated rings. The molecule has 21 heavy (non-hydrogen) atoms. The van der Waals surface area contributed by atoms with Crippen molar-refractivity contribution in [2.24, 2.45) is 0 Å². The van der Waals surface area contributed by atoms with Gasteiger partial charge in [-0.3, -0.25) is 9.69 Å². The molecular weight excluding hydrogens is 284 g/mol. The van der Waals surface area contributed by atoms with Crippen LogP contribution in [0.5, 0.6) is 0 Å². The zero-order valence-electron chi connectivity index (χ0n) is 12.8. The molecule has 1 aliphatic rings. The van der Waals surface area contributed by atoms with Crippen LogP contribution in [0.1, 0.15) is 12.5 Å². The van der Waals surface area contributed by atoms with Crippen LogP contribution in [0.25, 0.3) is 0 Å². The fourth-order valence-corrected chi connectivity index (χ4v) is 2.49. The minimum Gasteiger partial charge on any atom is -0.379 e. The zero-order valence-corrected chi connectivity index (χ0v) is 13.6. The van der Waals surface area contributed by atoms with Crippen LogP contribution >= 0.6 is 11.8 Å². The van der Waals surface area contributed by atoms with Crippen molar-refractivity contribution in [2.45, 2.75) is 18.6 Å². The molecule has 1 aromatic rings. The topological polar surface area (TPSA) is 41.6 Å². The van der Waals surface area contributed by atoms with Crippen molar-refractivity contribution in [1.29, 1.82) is 0 Å². The number of morpholine rings is 1. The lowest BCUT2D eigenvalue weighted by Crippen LogP contribution is -2.37. The summed E-state index contributed by atoms with van der Waals surface area (Å²) in [6.07, 6.45) is 2.98. The minimum atomic E-state index is -0.0222. The predicted molar refractivity (Wildman–Crippen MR) is 89.0 cm³/mol. The summed E-state index contributed by atoms with van der Waals surface area (Å²) in [6, 6.07) is 8.17. The van der Waals surface area contributed by atoms with Crippen LogP contribution in [0.4, 0.5) is 5.69 Å². The van der Waals surface area contributed by atoms with Crippen LogP contribution in [0.2, 0.25) is 0 Å². The van der Waals surface area contributed by atoms with Gasteiger partial charge in [-0.2, -0.15) is 11.8 Å². The van der Waals surface area contributed by atoms with E-state index in [-0.39, 0.29) is 11.2 Å². The summed E-state index contributed by atoms with van der Waals surface area (Å²) >= 11 is 1.55. The SMILES string of the molecule is CS[C@@H](C)C(=O)Nc1ccc(CCN2CCOCC2)cc1. The van der Waals surface area contributed by atoms with Crippen molar-refractivity contribution in [3.05, 3.63) is 29.8 Å². The van der Waals surface area contributed by atoms with E-state index >= 15 is 0 Å². The first-order valence-electron chi connectivity index (χ1n) is 7.42. The number of hydrogen-bond acceptors (Lipinski definition) is 4. The van der Waals surface area contributed by atoms with E-state index < -0.39 is 0 Å². The van der Waals surface area contributed by atoms with Gasteiger partial charge < -0.3 is 10.1 Å². The Balaban J connectivity index is 1.79. The standard InChI is InChI=1S/C16H24N2O2S/c1-13(21-2)16(19)17-15-5-3-14(4-6-15)7-8-18-9-11-20-12-10-18/h3-6,13H,7-12H2,1-2H3,(H,17,19)/t13-/m0/s1. The van der Waals surface area contributed by atoms with Gasteiger partial charge in [0.2, 0.25) is 5.91 Å². The highest BCUT2D eigenvalue weighted by Gasteiger charge is 2.12. The van der Waals surface area contributed by atoms with Gasteiger partial charge in [0.1, 0.15) is 0 Å². The molecule has 1 aromatic carbocycles. The van der Waals surface area contributed by atoms with Gasteiger partial charge in [-0.05, 0) is 37.3 Å². The third kappa shape index (κ3) is 5.34. The number of hydrogen-bond donors (Lipinski definition) is 1. The molecule has 1 atom stereocenters. The molecule has 1 N–H and O–H groups in total. The number of nitrogens with one attached hydrogen (secondary N) is 1. The first kappa shape index (κ1) is 16.3. The molecule has 0 bridgehead atoms. The summed E-state index contributed by atoms with van der Waals surface area (Å²) < 4.78 is 5.35. The number of amides is 1. The lowest BCUT2D eigenvalue weighted by Gasteiger charge is -2.26. The maximum Gasteiger partial charge on any atom is 0.237 e. The smallest absolute Gasteiger partial charge is 0.237 e. The maximum absolute atomic E-state index is 11.8. The number of benzene rings is 1. The van der Waals surface area contributed by atoms with E-state index in [0.29, 0.717) is 0 Å². The second-order valence-corrected chi connectivity index (χ2v) is 6.45. The molecule has 1 heterocycles. The highest BCUT2D eigenvalue weighted by molar-refractivity contribution is 7.99. The van der Waals surface area contributed by atoms with E-state index in [0.717, 1.165) is 45.0 Å². The van der Waals surface area contributed by atoms with E-state index in [4.69, 9.17) is 4.74 Å². The monoisotopic (exact) mass is 308 g/mol. The summed E-state index contributed by atoms with van der Waals surface area (Å²) in [5.41, 5.74) is 2.17. The molecule has 0 saturated carbocycles. The molecule has 0 unspecified atom stereocenters. The summed E-state index contributed by atoms with van der Waals surface area (Å²) in [4.78, 5) is 14.2. The number of anilines is 1. The van der Waals surface area contributed by atoms with Crippen LogP contribution in [-0.2, 0) is 16.0 Å². The molecule has 0 aliphatic carbocycles. The summed E-state index contributed by atoms with van der Waals surface area (Å²) in [5, 5.41) is 2.92. The molecule has 0 aromatic heterocycles. The fraction of sp³-hybridized carbons (Fsp3) is 0.562. The molecule has 0 spiro atoms. The third-order valence-corrected chi connectivity index (χ3v) is 4.69. The van der Waals surface area contributed by atoms with Crippen LogP contribution in [0.3, 0.4) is 0 Å². The minimum absolute atomic E-state index is 0.0222. The number of thioether (sulfide) groups is 1. The molecule has 1 aliphatic heterocycles. The second kappa shape index (κ2) is 8.41. The van der Waals surface area contributed by atoms with Crippen molar-refractivity contribution in [1.82, 2.24) is 4.90 Å². The van der Waals surface area contributed by atoms with Crippen LogP contribution < -0.4 is 5.32 Å². The summed E-state index contributed by atoms with van der Waals surface area (Å²) in [6.45, 7) is 6.73. The maximum atomic E-state index is 11.8. The first-order chi connectivity index (χ1) is 10.2. The highest BCUT2D eigenvalue weighted by Crippen LogP contribution is 2.13. The van der Waals surface area contributed by atoms with Gasteiger partial charge in [-0.25, -0.2) is 0 Å². The molecule has 116 valence electrons. The third-order valence-electron chi connectivity index (χ3n) is 3.76. The molecule has 0 radical (unpaired) electrons. The van der Waals surface area contributed by atoms with Crippen LogP contribution in [-0.4, -0.2) is 55.2 Å². The van der Waals surface area contributed by atoms with Gasteiger partial charge in [-0.15, -0.1) is 0 Å². The zero-order chi connectivity index (χ0) is 15.1. The van der Waals surface area contributed by atoms with Gasteiger partial charge in [0.15, 0.2) is 0 Å². The Bertz CT molecular complexity index is 444. The largest absolute Gasteiger partial charge is 0.379 e. The Kier molecular flexibility index (Phi) is 6.54. The average molecular weight is 308 g/mol. The quantitative estimate of drug-likeness (QED) is 0.875. The molecule has 5 heteroatoms. The first-order valence-corrected chi connectivity index (χ1v) is 8.70. The predicted octanol–water partition coefficient (Wildman–Crippen LogP) is 2.25. The van der Waals surface area contributed by atoms with E-state index in [1.54, 1.807) is 11.8 Å².